The molecule has 2 aromatic rings. The summed E-state index contributed by atoms with van der Waals surface area (Å²) in [5.41, 5.74) is 3.44. The first kappa shape index (κ1) is 19.5. The van der Waals surface area contributed by atoms with Gasteiger partial charge in [0.2, 0.25) is 5.91 Å². The fourth-order valence-electron chi connectivity index (χ4n) is 3.96. The summed E-state index contributed by atoms with van der Waals surface area (Å²) in [6, 6.07) is 12.6. The molecule has 1 aliphatic rings. The molecule has 0 aliphatic heterocycles. The molecule has 0 aromatic heterocycles. The van der Waals surface area contributed by atoms with Crippen LogP contribution in [0.5, 0.6) is 0 Å². The number of aryl methyl sites for hydroxylation is 1. The van der Waals surface area contributed by atoms with Gasteiger partial charge in [0.1, 0.15) is 0 Å². The van der Waals surface area contributed by atoms with Gasteiger partial charge in [-0.25, -0.2) is 0 Å². The summed E-state index contributed by atoms with van der Waals surface area (Å²) in [7, 11) is 0. The van der Waals surface area contributed by atoms with Crippen LogP contribution in [0.1, 0.15) is 61.9 Å². The van der Waals surface area contributed by atoms with Crippen molar-refractivity contribution in [2.45, 2.75) is 51.6 Å². The number of fused-ring (bicyclic) bond motifs is 1. The van der Waals surface area contributed by atoms with Crippen LogP contribution >= 0.6 is 15.9 Å². The molecular weight excluding hydrogens is 408 g/mol. The van der Waals surface area contributed by atoms with Gasteiger partial charge < -0.3 is 4.90 Å². The Bertz CT molecular complexity index is 851. The van der Waals surface area contributed by atoms with Crippen LogP contribution in [-0.2, 0) is 11.2 Å². The van der Waals surface area contributed by atoms with E-state index in [0.29, 0.717) is 6.42 Å². The highest BCUT2D eigenvalue weighted by Crippen LogP contribution is 2.42. The summed E-state index contributed by atoms with van der Waals surface area (Å²) in [5.74, 6) is 0.0921. The van der Waals surface area contributed by atoms with Gasteiger partial charge in [-0.2, -0.15) is 0 Å². The summed E-state index contributed by atoms with van der Waals surface area (Å²) < 4.78 is 1.04. The first-order valence-electron chi connectivity index (χ1n) is 9.26. The number of benzene rings is 2. The van der Waals surface area contributed by atoms with E-state index in [9.17, 15) is 14.9 Å². The molecule has 3 rings (SSSR count). The zero-order chi connectivity index (χ0) is 19.6. The van der Waals surface area contributed by atoms with Gasteiger partial charge in [-0.05, 0) is 48.9 Å². The molecule has 2 aromatic carbocycles. The maximum Gasteiger partial charge on any atom is 0.269 e. The molecular formula is C21H23BrN2O3. The predicted molar refractivity (Wildman–Crippen MR) is 108 cm³/mol. The van der Waals surface area contributed by atoms with Crippen LogP contribution in [0.3, 0.4) is 0 Å². The van der Waals surface area contributed by atoms with Gasteiger partial charge in [-0.1, -0.05) is 47.1 Å². The molecule has 1 amide bonds. The van der Waals surface area contributed by atoms with Gasteiger partial charge in [0.05, 0.1) is 17.0 Å². The van der Waals surface area contributed by atoms with E-state index in [1.807, 2.05) is 30.9 Å². The van der Waals surface area contributed by atoms with Gasteiger partial charge >= 0.3 is 0 Å². The minimum absolute atomic E-state index is 0.00182. The Morgan fingerprint density at radius 1 is 1.30 bits per heavy atom. The average Bonchev–Trinajstić information content (AvgIpc) is 2.68. The van der Waals surface area contributed by atoms with Crippen LogP contribution in [0.25, 0.3) is 0 Å². The van der Waals surface area contributed by atoms with Gasteiger partial charge in [0.25, 0.3) is 5.69 Å². The number of rotatable bonds is 5. The molecule has 0 spiro atoms. The maximum atomic E-state index is 12.9. The highest BCUT2D eigenvalue weighted by atomic mass is 79.9. The Hall–Kier alpha value is -2.21. The highest BCUT2D eigenvalue weighted by molar-refractivity contribution is 9.10. The van der Waals surface area contributed by atoms with E-state index in [4.69, 9.17) is 0 Å². The number of hydrogen-bond donors (Lipinski definition) is 0. The van der Waals surface area contributed by atoms with Gasteiger partial charge in [0, 0.05) is 23.0 Å². The Morgan fingerprint density at radius 3 is 2.63 bits per heavy atom. The average molecular weight is 431 g/mol. The molecule has 0 radical (unpaired) electrons. The third-order valence-corrected chi connectivity index (χ3v) is 6.02. The van der Waals surface area contributed by atoms with Gasteiger partial charge in [0.15, 0.2) is 0 Å². The lowest BCUT2D eigenvalue weighted by Crippen LogP contribution is -2.38. The summed E-state index contributed by atoms with van der Waals surface area (Å²) in [6.07, 6.45) is 3.40. The summed E-state index contributed by atoms with van der Waals surface area (Å²) in [4.78, 5) is 25.4. The van der Waals surface area contributed by atoms with Crippen molar-refractivity contribution in [3.05, 3.63) is 73.7 Å². The number of nitro benzene ring substituents is 1. The molecule has 2 unspecified atom stereocenters. The molecule has 0 saturated carbocycles. The lowest BCUT2D eigenvalue weighted by atomic mass is 9.85. The number of non-ortho nitro benzene ring substituents is 1. The number of carbonyl (C=O) groups excluding carboxylic acids is 1. The summed E-state index contributed by atoms with van der Waals surface area (Å²) in [6.45, 7) is 3.88. The van der Waals surface area contributed by atoms with Crippen molar-refractivity contribution in [2.24, 2.45) is 0 Å². The van der Waals surface area contributed by atoms with Crippen LogP contribution in [-0.4, -0.2) is 15.7 Å². The van der Waals surface area contributed by atoms with E-state index in [1.165, 1.54) is 23.3 Å². The van der Waals surface area contributed by atoms with Crippen molar-refractivity contribution in [1.82, 2.24) is 4.90 Å². The van der Waals surface area contributed by atoms with E-state index in [2.05, 4.69) is 22.0 Å². The molecule has 0 bridgehead atoms. The van der Waals surface area contributed by atoms with E-state index in [0.717, 1.165) is 29.3 Å². The largest absolute Gasteiger partial charge is 0.329 e. The second-order valence-corrected chi connectivity index (χ2v) is 7.75. The smallest absolute Gasteiger partial charge is 0.269 e. The quantitative estimate of drug-likeness (QED) is 0.448. The minimum atomic E-state index is -0.405. The Kier molecular flexibility index (Phi) is 5.95. The fraction of sp³-hybridized carbons (Fsp3) is 0.381. The number of halogens is 1. The first-order chi connectivity index (χ1) is 12.9. The highest BCUT2D eigenvalue weighted by Gasteiger charge is 2.33. The number of amides is 1. The predicted octanol–water partition coefficient (Wildman–Crippen LogP) is 5.73. The third-order valence-electron chi connectivity index (χ3n) is 5.33. The van der Waals surface area contributed by atoms with Crippen molar-refractivity contribution < 1.29 is 9.72 Å². The van der Waals surface area contributed by atoms with Crippen molar-refractivity contribution in [3.63, 3.8) is 0 Å². The van der Waals surface area contributed by atoms with Crippen molar-refractivity contribution in [1.29, 1.82) is 0 Å². The number of carbonyl (C=O) groups is 1. The molecule has 2 atom stereocenters. The van der Waals surface area contributed by atoms with E-state index in [1.54, 1.807) is 12.1 Å². The van der Waals surface area contributed by atoms with E-state index >= 15 is 0 Å². The number of nitro groups is 1. The third kappa shape index (κ3) is 3.90. The first-order valence-corrected chi connectivity index (χ1v) is 10.1. The maximum absolute atomic E-state index is 12.9. The molecule has 0 N–H and O–H groups in total. The minimum Gasteiger partial charge on any atom is -0.329 e. The molecule has 142 valence electrons. The number of hydrogen-bond acceptors (Lipinski definition) is 3. The van der Waals surface area contributed by atoms with Crippen molar-refractivity contribution in [3.8, 4) is 0 Å². The molecule has 0 saturated heterocycles. The molecule has 1 aliphatic carbocycles. The second-order valence-electron chi connectivity index (χ2n) is 6.90. The normalized spacial score (nSPS) is 17.1. The summed E-state index contributed by atoms with van der Waals surface area (Å²) >= 11 is 3.68. The van der Waals surface area contributed by atoms with E-state index in [-0.39, 0.29) is 23.7 Å². The SMILES string of the molecule is CCC(=O)N(C(C)c1ccc([N+](=O)[O-])cc1)C1CCCc2cccc(Br)c21. The second kappa shape index (κ2) is 8.21. The summed E-state index contributed by atoms with van der Waals surface area (Å²) in [5, 5.41) is 10.9. The molecule has 27 heavy (non-hydrogen) atoms. The van der Waals surface area contributed by atoms with E-state index < -0.39 is 4.92 Å². The van der Waals surface area contributed by atoms with Crippen LogP contribution in [0.2, 0.25) is 0 Å². The van der Waals surface area contributed by atoms with Crippen molar-refractivity contribution >= 4 is 27.5 Å². The van der Waals surface area contributed by atoms with Gasteiger partial charge in [-0.15, -0.1) is 0 Å². The van der Waals surface area contributed by atoms with Crippen LogP contribution in [0, 0.1) is 10.1 Å². The Labute approximate surface area is 167 Å². The Morgan fingerprint density at radius 2 is 2.00 bits per heavy atom. The van der Waals surface area contributed by atoms with Crippen LogP contribution in [0.4, 0.5) is 5.69 Å². The molecule has 5 nitrogen and oxygen atoms in total. The zero-order valence-corrected chi connectivity index (χ0v) is 17.1. The lowest BCUT2D eigenvalue weighted by molar-refractivity contribution is -0.384. The number of nitrogens with zero attached hydrogens (tertiary/aromatic N) is 2. The van der Waals surface area contributed by atoms with Crippen LogP contribution in [0.15, 0.2) is 46.9 Å². The van der Waals surface area contributed by atoms with Crippen molar-refractivity contribution in [2.75, 3.05) is 0 Å². The topological polar surface area (TPSA) is 63.5 Å². The molecule has 0 fully saturated rings. The lowest BCUT2D eigenvalue weighted by Gasteiger charge is -2.40. The zero-order valence-electron chi connectivity index (χ0n) is 15.5. The van der Waals surface area contributed by atoms with Crippen LogP contribution < -0.4 is 0 Å². The fourth-order valence-corrected chi connectivity index (χ4v) is 4.63. The van der Waals surface area contributed by atoms with Gasteiger partial charge in [-0.3, -0.25) is 14.9 Å². The molecule has 6 heteroatoms. The monoisotopic (exact) mass is 430 g/mol. The molecule has 0 heterocycles. The standard InChI is InChI=1S/C21H23BrN2O3/c1-3-20(25)23(14(2)15-10-12-17(13-11-15)24(26)27)19-9-5-7-16-6-4-8-18(22)21(16)19/h4,6,8,10-14,19H,3,5,7,9H2,1-2H3. The Balaban J connectivity index is 2.01.